The molecule has 0 aromatic rings. The molecule has 0 saturated carbocycles. The Morgan fingerprint density at radius 2 is 1.33 bits per heavy atom. The number of hydrogen-bond acceptors (Lipinski definition) is 1. The average Bonchev–Trinajstić information content (AvgIpc) is 1.63. The van der Waals surface area contributed by atoms with E-state index in [-0.39, 0.29) is 11.0 Å². The van der Waals surface area contributed by atoms with Crippen LogP contribution in [0.1, 0.15) is 19.8 Å². The summed E-state index contributed by atoms with van der Waals surface area (Å²) in [6, 6.07) is 0. The fourth-order valence-corrected chi connectivity index (χ4v) is 0.354. The van der Waals surface area contributed by atoms with E-state index < -0.39 is 0 Å². The van der Waals surface area contributed by atoms with Gasteiger partial charge in [0.15, 0.2) is 0 Å². The van der Waals surface area contributed by atoms with Crippen LogP contribution in [-0.4, -0.2) is 51.5 Å². The van der Waals surface area contributed by atoms with Crippen LogP contribution in [0.5, 0.6) is 0 Å². The lowest BCUT2D eigenvalue weighted by Crippen LogP contribution is -2.27. The van der Waals surface area contributed by atoms with Crippen molar-refractivity contribution in [1.29, 1.82) is 0 Å². The molecule has 0 heterocycles. The zero-order valence-electron chi connectivity index (χ0n) is 9.52. The molecule has 3 nitrogen and oxygen atoms in total. The third-order valence-corrected chi connectivity index (χ3v) is 0.707. The smallest absolute Gasteiger partial charge is 0.101 e. The van der Waals surface area contributed by atoms with Crippen molar-refractivity contribution in [2.24, 2.45) is 0 Å². The van der Waals surface area contributed by atoms with Crippen molar-refractivity contribution in [1.82, 2.24) is 0 Å². The van der Waals surface area contributed by atoms with Gasteiger partial charge in [-0.15, -0.1) is 0 Å². The summed E-state index contributed by atoms with van der Waals surface area (Å²) >= 11 is 0. The first-order chi connectivity index (χ1) is 4.41. The molecule has 78 valence electrons. The first-order valence-electron chi connectivity index (χ1n) is 4.20. The van der Waals surface area contributed by atoms with E-state index in [2.05, 4.69) is 43.0 Å². The van der Waals surface area contributed by atoms with Crippen molar-refractivity contribution in [2.45, 2.75) is 26.1 Å². The van der Waals surface area contributed by atoms with E-state index in [1.807, 2.05) is 0 Å². The predicted molar refractivity (Wildman–Crippen MR) is 57.8 cm³/mol. The van der Waals surface area contributed by atoms with Crippen molar-refractivity contribution in [2.75, 3.05) is 28.2 Å². The maximum atomic E-state index is 2.21. The third-order valence-electron chi connectivity index (χ3n) is 0.707. The van der Waals surface area contributed by atoms with Gasteiger partial charge >= 0.3 is 0 Å². The lowest BCUT2D eigenvalue weighted by Gasteiger charge is -2.14. The van der Waals surface area contributed by atoms with E-state index >= 15 is 0 Å². The Balaban J connectivity index is -0.0000000457. The topological polar surface area (TPSA) is 61.5 Å². The molecule has 0 radical (unpaired) electrons. The molecule has 12 heavy (non-hydrogen) atoms. The van der Waals surface area contributed by atoms with Gasteiger partial charge in [-0.3, -0.25) is 0 Å². The standard InChI is InChI=1S/C4H11B.C4H12N.2H2O/c1-2-3-4-5;1-5(2,3)4;;/h2-5H2,1H3;1-4H3;2*1H2/q;+1;;/p-1. The molecule has 0 aliphatic rings. The lowest BCUT2D eigenvalue weighted by molar-refractivity contribution is -0.849. The van der Waals surface area contributed by atoms with Gasteiger partial charge in [0.25, 0.3) is 0 Å². The zero-order valence-corrected chi connectivity index (χ0v) is 9.52. The van der Waals surface area contributed by atoms with Crippen LogP contribution in [-0.2, 0) is 0 Å². The van der Waals surface area contributed by atoms with Crippen LogP contribution >= 0.6 is 0 Å². The van der Waals surface area contributed by atoms with Crippen molar-refractivity contribution in [3.05, 3.63) is 0 Å². The summed E-state index contributed by atoms with van der Waals surface area (Å²) in [5, 5.41) is 0. The van der Waals surface area contributed by atoms with Gasteiger partial charge in [-0.2, -0.15) is 0 Å². The maximum Gasteiger partial charge on any atom is 0.101 e. The highest BCUT2D eigenvalue weighted by Gasteiger charge is 1.88. The summed E-state index contributed by atoms with van der Waals surface area (Å²) in [6.45, 7) is 2.21. The second kappa shape index (κ2) is 13.5. The summed E-state index contributed by atoms with van der Waals surface area (Å²) in [5.74, 6) is 0. The van der Waals surface area contributed by atoms with E-state index in [0.717, 1.165) is 4.48 Å². The Morgan fingerprint density at radius 3 is 1.33 bits per heavy atom. The molecule has 0 aromatic heterocycles. The van der Waals surface area contributed by atoms with Crippen LogP contribution in [0.4, 0.5) is 0 Å². The third kappa shape index (κ3) is 210. The molecule has 4 heteroatoms. The second-order valence-electron chi connectivity index (χ2n) is 4.04. The van der Waals surface area contributed by atoms with Crippen LogP contribution in [0.15, 0.2) is 0 Å². The minimum atomic E-state index is 0. The van der Waals surface area contributed by atoms with Crippen molar-refractivity contribution in [3.8, 4) is 0 Å². The molecule has 0 spiro atoms. The van der Waals surface area contributed by atoms with E-state index in [9.17, 15) is 0 Å². The molecule has 0 atom stereocenters. The van der Waals surface area contributed by atoms with E-state index in [4.69, 9.17) is 0 Å². The van der Waals surface area contributed by atoms with Gasteiger partial charge in [0, 0.05) is 0 Å². The van der Waals surface area contributed by atoms with Crippen LogP contribution in [0.25, 0.3) is 0 Å². The van der Waals surface area contributed by atoms with Gasteiger partial charge in [0.2, 0.25) is 0 Å². The van der Waals surface area contributed by atoms with Crippen molar-refractivity contribution >= 4 is 7.85 Å². The van der Waals surface area contributed by atoms with Gasteiger partial charge in [-0.1, -0.05) is 26.1 Å². The van der Waals surface area contributed by atoms with Crippen LogP contribution in [0.2, 0.25) is 6.32 Å². The van der Waals surface area contributed by atoms with Crippen LogP contribution < -0.4 is 0 Å². The molecule has 0 fully saturated rings. The minimum Gasteiger partial charge on any atom is -0.870 e. The Labute approximate surface area is 78.4 Å². The highest BCUT2D eigenvalue weighted by molar-refractivity contribution is 6.08. The largest absolute Gasteiger partial charge is 0.870 e. The molecular formula is C8H26BNO2. The lowest BCUT2D eigenvalue weighted by atomic mass is 10.0. The minimum absolute atomic E-state index is 0. The molecule has 0 bridgehead atoms. The first kappa shape index (κ1) is 22.7. The number of rotatable bonds is 2. The molecule has 3 N–H and O–H groups in total. The van der Waals surface area contributed by atoms with Crippen LogP contribution in [0, 0.1) is 0 Å². The summed E-state index contributed by atoms with van der Waals surface area (Å²) in [5.41, 5.74) is 0. The van der Waals surface area contributed by atoms with Gasteiger partial charge in [-0.25, -0.2) is 0 Å². The second-order valence-corrected chi connectivity index (χ2v) is 4.04. The Bertz CT molecular complexity index is 56.6. The predicted octanol–water partition coefficient (Wildman–Crippen LogP) is 0.159. The Morgan fingerprint density at radius 1 is 1.08 bits per heavy atom. The zero-order chi connectivity index (χ0) is 8.62. The van der Waals surface area contributed by atoms with Gasteiger partial charge in [-0.05, 0) is 0 Å². The first-order valence-corrected chi connectivity index (χ1v) is 4.20. The Hall–Kier alpha value is -0.0551. The summed E-state index contributed by atoms with van der Waals surface area (Å²) in [6.07, 6.45) is 4.08. The fourth-order valence-electron chi connectivity index (χ4n) is 0.354. The highest BCUT2D eigenvalue weighted by atomic mass is 16.0. The molecule has 0 rings (SSSR count). The number of hydrogen-bond donors (Lipinski definition) is 0. The average molecular weight is 179 g/mol. The van der Waals surface area contributed by atoms with Crippen molar-refractivity contribution < 1.29 is 15.4 Å². The molecule has 0 aromatic carbocycles. The summed E-state index contributed by atoms with van der Waals surface area (Å²) in [4.78, 5) is 0. The Kier molecular flexibility index (Phi) is 25.6. The quantitative estimate of drug-likeness (QED) is 0.440. The summed E-state index contributed by atoms with van der Waals surface area (Å²) < 4.78 is 1.00. The normalized spacial score (nSPS) is 8.42. The maximum absolute atomic E-state index is 2.21. The van der Waals surface area contributed by atoms with E-state index in [1.165, 1.54) is 19.2 Å². The molecule has 0 aliphatic heterocycles. The van der Waals surface area contributed by atoms with E-state index in [0.29, 0.717) is 0 Å². The molecule has 0 unspecified atom stereocenters. The number of quaternary nitrogens is 1. The molecule has 0 saturated heterocycles. The van der Waals surface area contributed by atoms with Gasteiger partial charge < -0.3 is 15.4 Å². The molecule has 0 amide bonds. The highest BCUT2D eigenvalue weighted by Crippen LogP contribution is 1.86. The van der Waals surface area contributed by atoms with E-state index in [1.54, 1.807) is 0 Å². The number of unbranched alkanes of at least 4 members (excludes halogenated alkanes) is 1. The fraction of sp³-hybridized carbons (Fsp3) is 1.00. The van der Waals surface area contributed by atoms with Crippen molar-refractivity contribution in [3.63, 3.8) is 0 Å². The van der Waals surface area contributed by atoms with Gasteiger partial charge in [0.05, 0.1) is 28.2 Å². The summed E-state index contributed by atoms with van der Waals surface area (Å²) in [7, 11) is 10.7. The van der Waals surface area contributed by atoms with Crippen LogP contribution in [0.3, 0.4) is 0 Å². The van der Waals surface area contributed by atoms with Gasteiger partial charge in [0.1, 0.15) is 7.85 Å². The molecular weight excluding hydrogens is 153 g/mol. The number of nitrogens with zero attached hydrogens (tertiary/aromatic N) is 1. The monoisotopic (exact) mass is 179 g/mol. The SMILES string of the molecule is BCCCC.C[N+](C)(C)C.O.[OH-]. The molecule has 0 aliphatic carbocycles.